The molecule has 4 amide bonds. The minimum absolute atomic E-state index is 0.225. The number of para-hydroxylation sites is 1. The summed E-state index contributed by atoms with van der Waals surface area (Å²) in [6, 6.07) is 13.6. The van der Waals surface area contributed by atoms with Gasteiger partial charge in [-0.3, -0.25) is 24.5 Å². The Morgan fingerprint density at radius 2 is 1.74 bits per heavy atom. The highest BCUT2D eigenvalue weighted by molar-refractivity contribution is 8.15. The number of rotatable bonds is 7. The Morgan fingerprint density at radius 3 is 2.35 bits per heavy atom. The Bertz CT molecular complexity index is 946. The van der Waals surface area contributed by atoms with E-state index in [1.807, 2.05) is 13.8 Å². The van der Waals surface area contributed by atoms with Crippen molar-refractivity contribution in [2.75, 3.05) is 19.0 Å². The van der Waals surface area contributed by atoms with E-state index in [0.717, 1.165) is 17.3 Å². The number of carbonyl (C=O) groups is 4. The van der Waals surface area contributed by atoms with Gasteiger partial charge in [-0.05, 0) is 36.2 Å². The molecule has 9 heteroatoms. The lowest BCUT2D eigenvalue weighted by Crippen LogP contribution is -2.25. The SMILES string of the molecule is CC.CNC(=O)c1ccccc1NC(=O)COc1ccc(CC2SC(=O)NC2=O)cc1. The van der Waals surface area contributed by atoms with Crippen LogP contribution in [0.4, 0.5) is 10.5 Å². The highest BCUT2D eigenvalue weighted by Gasteiger charge is 2.31. The number of anilines is 1. The average molecular weight is 444 g/mol. The highest BCUT2D eigenvalue weighted by atomic mass is 32.2. The first kappa shape index (κ1) is 23.9. The summed E-state index contributed by atoms with van der Waals surface area (Å²) in [6.07, 6.45) is 0.430. The topological polar surface area (TPSA) is 114 Å². The number of amides is 4. The van der Waals surface area contributed by atoms with Gasteiger partial charge in [0.05, 0.1) is 16.5 Å². The third-order valence-corrected chi connectivity index (χ3v) is 5.14. The molecule has 2 aromatic rings. The van der Waals surface area contributed by atoms with Gasteiger partial charge in [0, 0.05) is 7.05 Å². The molecule has 164 valence electrons. The van der Waals surface area contributed by atoms with Gasteiger partial charge >= 0.3 is 0 Å². The predicted molar refractivity (Wildman–Crippen MR) is 120 cm³/mol. The van der Waals surface area contributed by atoms with Gasteiger partial charge in [-0.1, -0.05) is 49.9 Å². The zero-order chi connectivity index (χ0) is 22.8. The molecule has 1 aliphatic rings. The van der Waals surface area contributed by atoms with Gasteiger partial charge in [0.1, 0.15) is 5.75 Å². The molecule has 31 heavy (non-hydrogen) atoms. The Kier molecular flexibility index (Phi) is 9.08. The van der Waals surface area contributed by atoms with Crippen LogP contribution in [-0.4, -0.2) is 41.9 Å². The first-order valence-corrected chi connectivity index (χ1v) is 10.7. The second-order valence-corrected chi connectivity index (χ2v) is 7.37. The summed E-state index contributed by atoms with van der Waals surface area (Å²) in [7, 11) is 1.52. The molecule has 0 spiro atoms. The Morgan fingerprint density at radius 1 is 1.06 bits per heavy atom. The van der Waals surface area contributed by atoms with E-state index in [1.54, 1.807) is 48.5 Å². The molecule has 1 heterocycles. The summed E-state index contributed by atoms with van der Waals surface area (Å²) in [5, 5.41) is 6.68. The molecule has 0 bridgehead atoms. The lowest BCUT2D eigenvalue weighted by molar-refractivity contribution is -0.119. The summed E-state index contributed by atoms with van der Waals surface area (Å²) in [5.74, 6) is -0.492. The summed E-state index contributed by atoms with van der Waals surface area (Å²) in [4.78, 5) is 46.9. The van der Waals surface area contributed by atoms with Gasteiger partial charge in [-0.25, -0.2) is 0 Å². The maximum Gasteiger partial charge on any atom is 0.286 e. The van der Waals surface area contributed by atoms with Crippen LogP contribution in [0.3, 0.4) is 0 Å². The smallest absolute Gasteiger partial charge is 0.286 e. The molecule has 0 radical (unpaired) electrons. The Labute approximate surface area is 185 Å². The van der Waals surface area contributed by atoms with Crippen molar-refractivity contribution < 1.29 is 23.9 Å². The monoisotopic (exact) mass is 443 g/mol. The number of nitrogens with one attached hydrogen (secondary N) is 3. The first-order valence-electron chi connectivity index (χ1n) is 9.80. The third-order valence-electron chi connectivity index (χ3n) is 4.15. The first-order chi connectivity index (χ1) is 15.0. The summed E-state index contributed by atoms with van der Waals surface area (Å²) >= 11 is 0.980. The van der Waals surface area contributed by atoms with Crippen LogP contribution in [0.5, 0.6) is 5.75 Å². The lowest BCUT2D eigenvalue weighted by atomic mass is 10.1. The van der Waals surface area contributed by atoms with E-state index in [4.69, 9.17) is 4.74 Å². The summed E-state index contributed by atoms with van der Waals surface area (Å²) in [6.45, 7) is 3.77. The zero-order valence-corrected chi connectivity index (χ0v) is 18.4. The average Bonchev–Trinajstić information content (AvgIpc) is 3.11. The van der Waals surface area contributed by atoms with Crippen molar-refractivity contribution in [1.82, 2.24) is 10.6 Å². The fraction of sp³-hybridized carbons (Fsp3) is 0.273. The lowest BCUT2D eigenvalue weighted by Gasteiger charge is -2.11. The molecule has 8 nitrogen and oxygen atoms in total. The molecule has 1 aliphatic heterocycles. The Hall–Kier alpha value is -3.33. The molecule has 1 saturated heterocycles. The van der Waals surface area contributed by atoms with Crippen LogP contribution in [0.25, 0.3) is 0 Å². The molecular formula is C22H25N3O5S. The van der Waals surface area contributed by atoms with Crippen LogP contribution in [0.2, 0.25) is 0 Å². The van der Waals surface area contributed by atoms with Crippen molar-refractivity contribution in [3.63, 3.8) is 0 Å². The van der Waals surface area contributed by atoms with E-state index in [-0.39, 0.29) is 23.7 Å². The van der Waals surface area contributed by atoms with Crippen LogP contribution in [0, 0.1) is 0 Å². The van der Waals surface area contributed by atoms with E-state index in [1.165, 1.54) is 7.05 Å². The molecule has 3 N–H and O–H groups in total. The van der Waals surface area contributed by atoms with Crippen LogP contribution >= 0.6 is 11.8 Å². The molecule has 1 fully saturated rings. The molecular weight excluding hydrogens is 418 g/mol. The van der Waals surface area contributed by atoms with Gasteiger partial charge in [0.15, 0.2) is 6.61 Å². The van der Waals surface area contributed by atoms with Crippen molar-refractivity contribution in [3.8, 4) is 5.75 Å². The standard InChI is InChI=1S/C20H19N3O5S.C2H6/c1-21-18(25)14-4-2-3-5-15(14)22-17(24)11-28-13-8-6-12(7-9-13)10-16-19(26)23-20(27)29-16;1-2/h2-9,16H,10-11H2,1H3,(H,21,25)(H,22,24)(H,23,26,27);1-2H3. The van der Waals surface area contributed by atoms with Crippen LogP contribution < -0.4 is 20.7 Å². The maximum absolute atomic E-state index is 12.2. The minimum Gasteiger partial charge on any atom is -0.484 e. The van der Waals surface area contributed by atoms with Crippen molar-refractivity contribution in [3.05, 3.63) is 59.7 Å². The van der Waals surface area contributed by atoms with Gasteiger partial charge in [0.2, 0.25) is 5.91 Å². The molecule has 1 unspecified atom stereocenters. The van der Waals surface area contributed by atoms with Crippen molar-refractivity contribution in [1.29, 1.82) is 0 Å². The molecule has 1 atom stereocenters. The van der Waals surface area contributed by atoms with Gasteiger partial charge in [-0.15, -0.1) is 0 Å². The second kappa shape index (κ2) is 11.8. The van der Waals surface area contributed by atoms with Crippen molar-refractivity contribution in [2.24, 2.45) is 0 Å². The minimum atomic E-state index is -0.430. The van der Waals surface area contributed by atoms with E-state index >= 15 is 0 Å². The van der Waals surface area contributed by atoms with E-state index in [2.05, 4.69) is 16.0 Å². The number of hydrogen-bond donors (Lipinski definition) is 3. The normalized spacial score (nSPS) is 14.7. The summed E-state index contributed by atoms with van der Waals surface area (Å²) < 4.78 is 5.48. The van der Waals surface area contributed by atoms with Gasteiger partial charge < -0.3 is 15.4 Å². The van der Waals surface area contributed by atoms with Crippen molar-refractivity contribution >= 4 is 40.4 Å². The number of benzene rings is 2. The number of carbonyl (C=O) groups excluding carboxylic acids is 4. The third kappa shape index (κ3) is 6.85. The Balaban J connectivity index is 0.00000166. The van der Waals surface area contributed by atoms with E-state index in [0.29, 0.717) is 23.4 Å². The number of ether oxygens (including phenoxy) is 1. The molecule has 0 saturated carbocycles. The molecule has 2 aromatic carbocycles. The van der Waals surface area contributed by atoms with E-state index < -0.39 is 11.2 Å². The molecule has 3 rings (SSSR count). The quantitative estimate of drug-likeness (QED) is 0.606. The van der Waals surface area contributed by atoms with E-state index in [9.17, 15) is 19.2 Å². The van der Waals surface area contributed by atoms with Crippen molar-refractivity contribution in [2.45, 2.75) is 25.5 Å². The van der Waals surface area contributed by atoms with Gasteiger partial charge in [0.25, 0.3) is 17.1 Å². The fourth-order valence-corrected chi connectivity index (χ4v) is 3.58. The molecule has 0 aromatic heterocycles. The maximum atomic E-state index is 12.2. The number of hydrogen-bond acceptors (Lipinski definition) is 6. The van der Waals surface area contributed by atoms with Crippen LogP contribution in [0.1, 0.15) is 29.8 Å². The molecule has 0 aliphatic carbocycles. The number of imide groups is 1. The zero-order valence-electron chi connectivity index (χ0n) is 17.6. The summed E-state index contributed by atoms with van der Waals surface area (Å²) in [5.41, 5.74) is 1.64. The fourth-order valence-electron chi connectivity index (χ4n) is 2.72. The van der Waals surface area contributed by atoms with Crippen LogP contribution in [-0.2, 0) is 16.0 Å². The largest absolute Gasteiger partial charge is 0.484 e. The van der Waals surface area contributed by atoms with Gasteiger partial charge in [-0.2, -0.15) is 0 Å². The van der Waals surface area contributed by atoms with Crippen LogP contribution in [0.15, 0.2) is 48.5 Å². The second-order valence-electron chi connectivity index (χ2n) is 6.19. The highest BCUT2D eigenvalue weighted by Crippen LogP contribution is 2.24. The predicted octanol–water partition coefficient (Wildman–Crippen LogP) is 2.98. The number of thioether (sulfide) groups is 1.